The monoisotopic (exact) mass is 341 g/mol. The number of thiocarbonyl (C=S) groups is 1. The van der Waals surface area contributed by atoms with Crippen molar-refractivity contribution in [2.75, 3.05) is 6.61 Å². The van der Waals surface area contributed by atoms with Crippen molar-refractivity contribution in [2.45, 2.75) is 12.8 Å². The van der Waals surface area contributed by atoms with E-state index in [9.17, 15) is 13.2 Å². The SMILES string of the molecule is NC(=S)C(COCc1ccc(Br)cc1)C(F)(F)F. The lowest BCUT2D eigenvalue weighted by Crippen LogP contribution is -2.37. The van der Waals surface area contributed by atoms with E-state index in [-0.39, 0.29) is 6.61 Å². The molecule has 1 aromatic carbocycles. The molecular weight excluding hydrogens is 331 g/mol. The van der Waals surface area contributed by atoms with Crippen molar-refractivity contribution in [3.63, 3.8) is 0 Å². The molecule has 0 bridgehead atoms. The number of ether oxygens (including phenoxy) is 1. The summed E-state index contributed by atoms with van der Waals surface area (Å²) in [4.78, 5) is -0.599. The minimum Gasteiger partial charge on any atom is -0.393 e. The summed E-state index contributed by atoms with van der Waals surface area (Å²) in [6.07, 6.45) is -4.47. The zero-order chi connectivity index (χ0) is 13.8. The van der Waals surface area contributed by atoms with Crippen LogP contribution < -0.4 is 5.73 Å². The fourth-order valence-electron chi connectivity index (χ4n) is 1.21. The molecule has 0 spiro atoms. The topological polar surface area (TPSA) is 35.2 Å². The van der Waals surface area contributed by atoms with Crippen LogP contribution in [-0.4, -0.2) is 17.8 Å². The Hall–Kier alpha value is -0.660. The van der Waals surface area contributed by atoms with Crippen LogP contribution in [0.4, 0.5) is 13.2 Å². The Morgan fingerprint density at radius 3 is 2.33 bits per heavy atom. The fourth-order valence-corrected chi connectivity index (χ4v) is 1.68. The lowest BCUT2D eigenvalue weighted by atomic mass is 10.1. The van der Waals surface area contributed by atoms with Crippen LogP contribution in [0.5, 0.6) is 0 Å². The Balaban J connectivity index is 2.49. The van der Waals surface area contributed by atoms with Gasteiger partial charge in [-0.15, -0.1) is 0 Å². The molecule has 7 heteroatoms. The largest absolute Gasteiger partial charge is 0.400 e. The average Bonchev–Trinajstić information content (AvgIpc) is 2.24. The molecule has 1 aromatic rings. The summed E-state index contributed by atoms with van der Waals surface area (Å²) in [5, 5.41) is 0. The quantitative estimate of drug-likeness (QED) is 0.833. The van der Waals surface area contributed by atoms with Gasteiger partial charge in [0.15, 0.2) is 0 Å². The van der Waals surface area contributed by atoms with Crippen LogP contribution in [0.2, 0.25) is 0 Å². The van der Waals surface area contributed by atoms with Gasteiger partial charge in [0.1, 0.15) is 5.92 Å². The van der Waals surface area contributed by atoms with Crippen molar-refractivity contribution in [3.8, 4) is 0 Å². The maximum Gasteiger partial charge on any atom is 0.400 e. The lowest BCUT2D eigenvalue weighted by molar-refractivity contribution is -0.168. The second-order valence-corrected chi connectivity index (χ2v) is 5.03. The zero-order valence-electron chi connectivity index (χ0n) is 9.21. The third-order valence-electron chi connectivity index (χ3n) is 2.21. The van der Waals surface area contributed by atoms with Crippen LogP contribution in [0.3, 0.4) is 0 Å². The summed E-state index contributed by atoms with van der Waals surface area (Å²) < 4.78 is 43.4. The third-order valence-corrected chi connectivity index (χ3v) is 3.02. The van der Waals surface area contributed by atoms with E-state index in [2.05, 4.69) is 28.1 Å². The molecule has 0 aliphatic rings. The van der Waals surface area contributed by atoms with Gasteiger partial charge in [-0.3, -0.25) is 0 Å². The summed E-state index contributed by atoms with van der Waals surface area (Å²) in [5.41, 5.74) is 5.83. The molecular formula is C11H11BrF3NOS. The number of nitrogens with two attached hydrogens (primary N) is 1. The molecule has 100 valence electrons. The van der Waals surface area contributed by atoms with Crippen LogP contribution in [0.25, 0.3) is 0 Å². The van der Waals surface area contributed by atoms with Gasteiger partial charge < -0.3 is 10.5 Å². The summed E-state index contributed by atoms with van der Waals surface area (Å²) in [6, 6.07) is 7.09. The first-order valence-electron chi connectivity index (χ1n) is 4.99. The predicted octanol–water partition coefficient (Wildman–Crippen LogP) is 3.43. The van der Waals surface area contributed by atoms with Crippen LogP contribution in [-0.2, 0) is 11.3 Å². The van der Waals surface area contributed by atoms with Crippen molar-refractivity contribution in [1.82, 2.24) is 0 Å². The Morgan fingerprint density at radius 1 is 1.33 bits per heavy atom. The Kier molecular flexibility index (Phi) is 5.55. The second kappa shape index (κ2) is 6.49. The molecule has 0 fully saturated rings. The minimum atomic E-state index is -4.47. The average molecular weight is 342 g/mol. The predicted molar refractivity (Wildman–Crippen MR) is 70.1 cm³/mol. The number of alkyl halides is 3. The van der Waals surface area contributed by atoms with Gasteiger partial charge in [0.05, 0.1) is 18.2 Å². The van der Waals surface area contributed by atoms with Crippen molar-refractivity contribution < 1.29 is 17.9 Å². The van der Waals surface area contributed by atoms with Crippen LogP contribution in [0.15, 0.2) is 28.7 Å². The summed E-state index contributed by atoms with van der Waals surface area (Å²) in [7, 11) is 0. The van der Waals surface area contributed by atoms with Crippen LogP contribution >= 0.6 is 28.1 Å². The molecule has 2 nitrogen and oxygen atoms in total. The molecule has 1 atom stereocenters. The first-order valence-corrected chi connectivity index (χ1v) is 6.19. The molecule has 1 rings (SSSR count). The smallest absolute Gasteiger partial charge is 0.393 e. The van der Waals surface area contributed by atoms with Crippen molar-refractivity contribution in [1.29, 1.82) is 0 Å². The first kappa shape index (κ1) is 15.4. The van der Waals surface area contributed by atoms with E-state index in [0.717, 1.165) is 10.0 Å². The van der Waals surface area contributed by atoms with Crippen LogP contribution in [0, 0.1) is 5.92 Å². The molecule has 0 radical (unpaired) electrons. The lowest BCUT2D eigenvalue weighted by Gasteiger charge is -2.18. The molecule has 0 aromatic heterocycles. The van der Waals surface area contributed by atoms with Crippen LogP contribution in [0.1, 0.15) is 5.56 Å². The Morgan fingerprint density at radius 2 is 1.89 bits per heavy atom. The molecule has 2 N–H and O–H groups in total. The molecule has 0 aliphatic heterocycles. The van der Waals surface area contributed by atoms with Gasteiger partial charge in [0, 0.05) is 4.47 Å². The van der Waals surface area contributed by atoms with Gasteiger partial charge in [-0.2, -0.15) is 13.2 Å². The number of hydrogen-bond acceptors (Lipinski definition) is 2. The Bertz CT molecular complexity index is 408. The minimum absolute atomic E-state index is 0.0858. The van der Waals surface area contributed by atoms with E-state index in [1.165, 1.54) is 0 Å². The highest BCUT2D eigenvalue weighted by Gasteiger charge is 2.41. The molecule has 0 aliphatic carbocycles. The van der Waals surface area contributed by atoms with Gasteiger partial charge in [0.25, 0.3) is 0 Å². The van der Waals surface area contributed by atoms with Crippen molar-refractivity contribution >= 4 is 33.1 Å². The van der Waals surface area contributed by atoms with Crippen molar-refractivity contribution in [2.24, 2.45) is 11.7 Å². The third kappa shape index (κ3) is 4.91. The number of rotatable bonds is 5. The number of halogens is 4. The zero-order valence-corrected chi connectivity index (χ0v) is 11.6. The normalized spacial score (nSPS) is 13.3. The van der Waals surface area contributed by atoms with Gasteiger partial charge in [-0.25, -0.2) is 0 Å². The number of benzene rings is 1. The summed E-state index contributed by atoms with van der Waals surface area (Å²) in [6.45, 7) is -0.475. The van der Waals surface area contributed by atoms with E-state index < -0.39 is 23.7 Å². The summed E-state index contributed by atoms with van der Waals surface area (Å²) in [5.74, 6) is -1.90. The maximum atomic E-state index is 12.5. The second-order valence-electron chi connectivity index (χ2n) is 3.64. The molecule has 0 heterocycles. The first-order chi connectivity index (χ1) is 8.30. The maximum absolute atomic E-state index is 12.5. The van der Waals surface area contributed by atoms with E-state index in [4.69, 9.17) is 10.5 Å². The highest BCUT2D eigenvalue weighted by molar-refractivity contribution is 9.10. The van der Waals surface area contributed by atoms with Gasteiger partial charge in [0.2, 0.25) is 0 Å². The van der Waals surface area contributed by atoms with Gasteiger partial charge >= 0.3 is 6.18 Å². The molecule has 0 amide bonds. The molecule has 0 saturated heterocycles. The Labute approximate surface area is 116 Å². The fraction of sp³-hybridized carbons (Fsp3) is 0.364. The van der Waals surface area contributed by atoms with E-state index in [0.29, 0.717) is 0 Å². The van der Waals surface area contributed by atoms with Gasteiger partial charge in [-0.05, 0) is 17.7 Å². The van der Waals surface area contributed by atoms with Gasteiger partial charge in [-0.1, -0.05) is 40.3 Å². The van der Waals surface area contributed by atoms with Crippen molar-refractivity contribution in [3.05, 3.63) is 34.3 Å². The molecule has 1 unspecified atom stereocenters. The van der Waals surface area contributed by atoms with E-state index in [1.807, 2.05) is 0 Å². The molecule has 0 saturated carbocycles. The highest BCUT2D eigenvalue weighted by Crippen LogP contribution is 2.27. The number of hydrogen-bond donors (Lipinski definition) is 1. The standard InChI is InChI=1S/C11H11BrF3NOS/c12-8-3-1-7(2-4-8)5-17-6-9(10(16)18)11(13,14)15/h1-4,9H,5-6H2,(H2,16,18). The molecule has 18 heavy (non-hydrogen) atoms. The summed E-state index contributed by atoms with van der Waals surface area (Å²) >= 11 is 7.64. The van der Waals surface area contributed by atoms with E-state index >= 15 is 0 Å². The van der Waals surface area contributed by atoms with E-state index in [1.54, 1.807) is 24.3 Å². The highest BCUT2D eigenvalue weighted by atomic mass is 79.9.